The minimum Gasteiger partial charge on any atom is -0.355 e. The first-order valence-electron chi connectivity index (χ1n) is 9.56. The smallest absolute Gasteiger partial charge is 0.251 e. The number of pyridine rings is 1. The summed E-state index contributed by atoms with van der Waals surface area (Å²) in [5.74, 6) is -2.45. The predicted molar refractivity (Wildman–Crippen MR) is 107 cm³/mol. The Bertz CT molecular complexity index is 1130. The number of nitrogens with one attached hydrogen (secondary N) is 2. The molecule has 2 N–H and O–H groups in total. The summed E-state index contributed by atoms with van der Waals surface area (Å²) in [7, 11) is 1.39. The van der Waals surface area contributed by atoms with Gasteiger partial charge < -0.3 is 19.9 Å². The monoisotopic (exact) mass is 413 g/mol. The summed E-state index contributed by atoms with van der Waals surface area (Å²) < 4.78 is 31.7. The highest BCUT2D eigenvalue weighted by atomic mass is 19.1. The lowest BCUT2D eigenvalue weighted by molar-refractivity contribution is -0.132. The van der Waals surface area contributed by atoms with E-state index < -0.39 is 17.5 Å². The molecule has 0 aliphatic carbocycles. The number of aromatic nitrogens is 2. The minimum atomic E-state index is -0.887. The highest BCUT2D eigenvalue weighted by Gasteiger charge is 2.26. The molecule has 0 spiro atoms. The standard InChI is InChI=1S/C21H21F2N5O2/c1-12-3-5-28-16(11-27-6-4-25-10-18(27)29)20(26-17(28)7-12)19-14(22)8-13(9-15(19)23)21(30)24-2/h3,5,7-9,25H,4,6,10-11H2,1-2H3,(H,24,30). The Morgan fingerprint density at radius 1 is 1.27 bits per heavy atom. The van der Waals surface area contributed by atoms with Crippen molar-refractivity contribution in [3.8, 4) is 11.3 Å². The van der Waals surface area contributed by atoms with E-state index in [4.69, 9.17) is 0 Å². The first-order valence-corrected chi connectivity index (χ1v) is 9.56. The van der Waals surface area contributed by atoms with Gasteiger partial charge in [0.2, 0.25) is 5.91 Å². The summed E-state index contributed by atoms with van der Waals surface area (Å²) >= 11 is 0. The zero-order valence-corrected chi connectivity index (χ0v) is 16.6. The summed E-state index contributed by atoms with van der Waals surface area (Å²) in [5, 5.41) is 5.36. The molecule has 1 aliphatic heterocycles. The fourth-order valence-corrected chi connectivity index (χ4v) is 3.62. The predicted octanol–water partition coefficient (Wildman–Crippen LogP) is 1.88. The number of carbonyl (C=O) groups is 2. The third kappa shape index (κ3) is 3.52. The Labute approximate surface area is 171 Å². The van der Waals surface area contributed by atoms with E-state index in [1.807, 2.05) is 13.0 Å². The van der Waals surface area contributed by atoms with Crippen LogP contribution < -0.4 is 10.6 Å². The number of nitrogens with zero attached hydrogens (tertiary/aromatic N) is 3. The molecule has 0 saturated carbocycles. The van der Waals surface area contributed by atoms with Crippen molar-refractivity contribution < 1.29 is 18.4 Å². The quantitative estimate of drug-likeness (QED) is 0.685. The van der Waals surface area contributed by atoms with E-state index in [2.05, 4.69) is 15.6 Å². The molecule has 0 bridgehead atoms. The second-order valence-corrected chi connectivity index (χ2v) is 7.23. The van der Waals surface area contributed by atoms with E-state index in [1.54, 1.807) is 21.6 Å². The van der Waals surface area contributed by atoms with Crippen LogP contribution in [-0.4, -0.2) is 52.8 Å². The maximum Gasteiger partial charge on any atom is 0.251 e. The molecule has 1 saturated heterocycles. The third-order valence-electron chi connectivity index (χ3n) is 5.18. The van der Waals surface area contributed by atoms with Crippen molar-refractivity contribution >= 4 is 17.5 Å². The van der Waals surface area contributed by atoms with Gasteiger partial charge in [-0.15, -0.1) is 0 Å². The first kappa shape index (κ1) is 20.0. The van der Waals surface area contributed by atoms with Gasteiger partial charge in [-0.3, -0.25) is 9.59 Å². The molecule has 0 unspecified atom stereocenters. The molecular weight excluding hydrogens is 392 g/mol. The van der Waals surface area contributed by atoms with Gasteiger partial charge in [0.15, 0.2) is 0 Å². The lowest BCUT2D eigenvalue weighted by Crippen LogP contribution is -2.47. The molecule has 156 valence electrons. The third-order valence-corrected chi connectivity index (χ3v) is 5.18. The number of piperazine rings is 1. The van der Waals surface area contributed by atoms with Crippen LogP contribution in [-0.2, 0) is 11.3 Å². The Kier molecular flexibility index (Phi) is 5.21. The Hall–Kier alpha value is -3.33. The molecule has 1 aliphatic rings. The van der Waals surface area contributed by atoms with Crippen LogP contribution in [0, 0.1) is 18.6 Å². The van der Waals surface area contributed by atoms with E-state index in [0.717, 1.165) is 17.7 Å². The molecule has 2 aromatic heterocycles. The van der Waals surface area contributed by atoms with Crippen LogP contribution in [0.2, 0.25) is 0 Å². The van der Waals surface area contributed by atoms with Gasteiger partial charge in [0.1, 0.15) is 23.0 Å². The van der Waals surface area contributed by atoms with Crippen molar-refractivity contribution in [1.29, 1.82) is 0 Å². The van der Waals surface area contributed by atoms with Crippen LogP contribution >= 0.6 is 0 Å². The van der Waals surface area contributed by atoms with E-state index in [-0.39, 0.29) is 35.8 Å². The van der Waals surface area contributed by atoms with Crippen LogP contribution in [0.5, 0.6) is 0 Å². The number of imidazole rings is 1. The number of rotatable bonds is 4. The van der Waals surface area contributed by atoms with Crippen LogP contribution in [0.25, 0.3) is 16.9 Å². The Morgan fingerprint density at radius 3 is 2.67 bits per heavy atom. The summed E-state index contributed by atoms with van der Waals surface area (Å²) in [6.07, 6.45) is 1.78. The average molecular weight is 413 g/mol. The molecule has 3 aromatic rings. The molecular formula is C21H21F2N5O2. The molecule has 4 rings (SSSR count). The maximum absolute atomic E-state index is 15.0. The topological polar surface area (TPSA) is 78.7 Å². The van der Waals surface area contributed by atoms with E-state index >= 15 is 0 Å². The average Bonchev–Trinajstić information content (AvgIpc) is 3.05. The summed E-state index contributed by atoms with van der Waals surface area (Å²) in [4.78, 5) is 30.2. The normalized spacial score (nSPS) is 14.4. The summed E-state index contributed by atoms with van der Waals surface area (Å²) in [6.45, 7) is 3.40. The highest BCUT2D eigenvalue weighted by molar-refractivity contribution is 5.94. The van der Waals surface area contributed by atoms with Crippen LogP contribution in [0.4, 0.5) is 8.78 Å². The van der Waals surface area contributed by atoms with Gasteiger partial charge in [0, 0.05) is 31.9 Å². The zero-order chi connectivity index (χ0) is 21.4. The second-order valence-electron chi connectivity index (χ2n) is 7.23. The van der Waals surface area contributed by atoms with Gasteiger partial charge in [-0.25, -0.2) is 13.8 Å². The maximum atomic E-state index is 15.0. The van der Waals surface area contributed by atoms with Crippen molar-refractivity contribution in [3.63, 3.8) is 0 Å². The number of halogens is 2. The summed E-state index contributed by atoms with van der Waals surface area (Å²) in [6, 6.07) is 5.66. The van der Waals surface area contributed by atoms with Gasteiger partial charge >= 0.3 is 0 Å². The van der Waals surface area contributed by atoms with Crippen molar-refractivity contribution in [2.45, 2.75) is 13.5 Å². The molecule has 9 heteroatoms. The zero-order valence-electron chi connectivity index (χ0n) is 16.6. The molecule has 1 aromatic carbocycles. The largest absolute Gasteiger partial charge is 0.355 e. The van der Waals surface area contributed by atoms with E-state index in [1.165, 1.54) is 7.05 Å². The van der Waals surface area contributed by atoms with Gasteiger partial charge in [-0.1, -0.05) is 0 Å². The number of carbonyl (C=O) groups excluding carboxylic acids is 2. The van der Waals surface area contributed by atoms with Crippen molar-refractivity contribution in [2.24, 2.45) is 0 Å². The van der Waals surface area contributed by atoms with Gasteiger partial charge in [0.25, 0.3) is 5.91 Å². The van der Waals surface area contributed by atoms with E-state index in [0.29, 0.717) is 24.4 Å². The Morgan fingerprint density at radius 2 is 2.00 bits per heavy atom. The number of aryl methyl sites for hydroxylation is 1. The Balaban J connectivity index is 1.88. The SMILES string of the molecule is CNC(=O)c1cc(F)c(-c2nc3cc(C)ccn3c2CN2CCNCC2=O)c(F)c1. The molecule has 1 fully saturated rings. The number of benzene rings is 1. The van der Waals surface area contributed by atoms with Crippen molar-refractivity contribution in [2.75, 3.05) is 26.7 Å². The number of hydrogen-bond donors (Lipinski definition) is 2. The second kappa shape index (κ2) is 7.83. The van der Waals surface area contributed by atoms with E-state index in [9.17, 15) is 18.4 Å². The van der Waals surface area contributed by atoms with Crippen LogP contribution in [0.1, 0.15) is 21.6 Å². The fraction of sp³-hybridized carbons (Fsp3) is 0.286. The summed E-state index contributed by atoms with van der Waals surface area (Å²) in [5.41, 5.74) is 1.66. The van der Waals surface area contributed by atoms with Gasteiger partial charge in [0.05, 0.1) is 24.3 Å². The first-order chi connectivity index (χ1) is 14.4. The number of fused-ring (bicyclic) bond motifs is 1. The fourth-order valence-electron chi connectivity index (χ4n) is 3.62. The molecule has 3 heterocycles. The lowest BCUT2D eigenvalue weighted by Gasteiger charge is -2.27. The van der Waals surface area contributed by atoms with Gasteiger partial charge in [-0.2, -0.15) is 0 Å². The number of hydrogen-bond acceptors (Lipinski definition) is 4. The van der Waals surface area contributed by atoms with Crippen molar-refractivity contribution in [3.05, 3.63) is 58.9 Å². The van der Waals surface area contributed by atoms with Crippen LogP contribution in [0.3, 0.4) is 0 Å². The van der Waals surface area contributed by atoms with Crippen molar-refractivity contribution in [1.82, 2.24) is 24.9 Å². The van der Waals surface area contributed by atoms with Gasteiger partial charge in [-0.05, 0) is 36.8 Å². The molecule has 0 radical (unpaired) electrons. The molecule has 30 heavy (non-hydrogen) atoms. The highest BCUT2D eigenvalue weighted by Crippen LogP contribution is 2.31. The lowest BCUT2D eigenvalue weighted by atomic mass is 10.0. The molecule has 7 nitrogen and oxygen atoms in total. The molecule has 0 atom stereocenters. The minimum absolute atomic E-state index is 0.0924. The number of amides is 2. The van der Waals surface area contributed by atoms with Crippen LogP contribution in [0.15, 0.2) is 30.5 Å². The molecule has 2 amide bonds.